The highest BCUT2D eigenvalue weighted by atomic mass is 16.3. The molecule has 1 aliphatic heterocycles. The molecule has 0 fully saturated rings. The zero-order chi connectivity index (χ0) is 13.1. The molecule has 0 spiro atoms. The lowest BCUT2D eigenvalue weighted by atomic mass is 10.3. The fraction of sp³-hybridized carbons (Fsp3) is 0.500. The summed E-state index contributed by atoms with van der Waals surface area (Å²) in [6.45, 7) is 4.49. The number of nitrogens with zero attached hydrogens (tertiary/aromatic N) is 3. The third-order valence-corrected chi connectivity index (χ3v) is 2.52. The summed E-state index contributed by atoms with van der Waals surface area (Å²) >= 11 is 0. The summed E-state index contributed by atoms with van der Waals surface area (Å²) in [6.07, 6.45) is 1.75. The summed E-state index contributed by atoms with van der Waals surface area (Å²) in [7, 11) is 3.89. The van der Waals surface area contributed by atoms with Gasteiger partial charge in [0.2, 0.25) is 5.96 Å². The van der Waals surface area contributed by atoms with Crippen LogP contribution in [-0.2, 0) is 6.54 Å². The van der Waals surface area contributed by atoms with E-state index in [4.69, 9.17) is 4.42 Å². The van der Waals surface area contributed by atoms with Gasteiger partial charge in [-0.1, -0.05) is 0 Å². The van der Waals surface area contributed by atoms with E-state index in [9.17, 15) is 0 Å². The molecular formula is C12H19N5O. The molecule has 0 bridgehead atoms. The van der Waals surface area contributed by atoms with E-state index in [0.29, 0.717) is 6.54 Å². The summed E-state index contributed by atoms with van der Waals surface area (Å²) in [5.74, 6) is 2.45. The topological polar surface area (TPSA) is 65.2 Å². The Morgan fingerprint density at radius 3 is 2.89 bits per heavy atom. The lowest BCUT2D eigenvalue weighted by molar-refractivity contribution is 0.531. The van der Waals surface area contributed by atoms with Gasteiger partial charge in [0, 0.05) is 19.7 Å². The van der Waals surface area contributed by atoms with E-state index in [1.54, 1.807) is 6.26 Å². The molecule has 0 amide bonds. The van der Waals surface area contributed by atoms with Crippen LogP contribution in [0.3, 0.4) is 0 Å². The van der Waals surface area contributed by atoms with Crippen LogP contribution in [0.2, 0.25) is 0 Å². The highest BCUT2D eigenvalue weighted by molar-refractivity contribution is 6.00. The highest BCUT2D eigenvalue weighted by Crippen LogP contribution is 2.07. The van der Waals surface area contributed by atoms with Crippen molar-refractivity contribution in [2.45, 2.75) is 26.6 Å². The Balaban J connectivity index is 2.03. The molecule has 0 aromatic carbocycles. The first-order valence-corrected chi connectivity index (χ1v) is 5.92. The Hall–Kier alpha value is -1.98. The van der Waals surface area contributed by atoms with Gasteiger partial charge < -0.3 is 14.6 Å². The summed E-state index contributed by atoms with van der Waals surface area (Å²) in [4.78, 5) is 10.8. The number of rotatable bonds is 2. The fourth-order valence-corrected chi connectivity index (χ4v) is 1.65. The molecule has 0 radical (unpaired) electrons. The largest absolute Gasteiger partial charge is 0.469 e. The van der Waals surface area contributed by atoms with Gasteiger partial charge in [0.25, 0.3) is 0 Å². The van der Waals surface area contributed by atoms with Gasteiger partial charge in [0.1, 0.15) is 11.9 Å². The number of hydrogen-bond acceptors (Lipinski definition) is 4. The van der Waals surface area contributed by atoms with E-state index in [1.165, 1.54) is 0 Å². The van der Waals surface area contributed by atoms with Gasteiger partial charge in [0.05, 0.1) is 12.8 Å². The molecule has 1 aromatic rings. The van der Waals surface area contributed by atoms with E-state index < -0.39 is 0 Å². The van der Waals surface area contributed by atoms with E-state index >= 15 is 0 Å². The lowest BCUT2D eigenvalue weighted by Crippen LogP contribution is -2.53. The molecule has 1 atom stereocenters. The summed E-state index contributed by atoms with van der Waals surface area (Å²) in [5, 5.41) is 6.32. The smallest absolute Gasteiger partial charge is 0.202 e. The number of hydrogen-bond donors (Lipinski definition) is 2. The average Bonchev–Trinajstić information content (AvgIpc) is 2.72. The van der Waals surface area contributed by atoms with Crippen molar-refractivity contribution in [3.63, 3.8) is 0 Å². The standard InChI is InChI=1S/C12H19N5O/c1-8-5-10(7-18-8)6-13-11-14-9(2)15-12(16-11)17(3)4/h5,7,9H,6H2,1-4H3,(H2,13,14,15,16). The Labute approximate surface area is 107 Å². The van der Waals surface area contributed by atoms with Crippen molar-refractivity contribution in [3.05, 3.63) is 23.7 Å². The molecule has 1 aromatic heterocycles. The van der Waals surface area contributed by atoms with Gasteiger partial charge in [0.15, 0.2) is 5.96 Å². The second kappa shape index (κ2) is 5.12. The van der Waals surface area contributed by atoms with Gasteiger partial charge >= 0.3 is 0 Å². The van der Waals surface area contributed by atoms with Crippen molar-refractivity contribution in [1.29, 1.82) is 0 Å². The first-order valence-electron chi connectivity index (χ1n) is 5.92. The maximum Gasteiger partial charge on any atom is 0.202 e. The quantitative estimate of drug-likeness (QED) is 0.817. The molecule has 6 heteroatoms. The van der Waals surface area contributed by atoms with Gasteiger partial charge in [-0.15, -0.1) is 0 Å². The van der Waals surface area contributed by atoms with Crippen LogP contribution in [0.1, 0.15) is 18.2 Å². The average molecular weight is 249 g/mol. The van der Waals surface area contributed by atoms with E-state index in [2.05, 4.69) is 20.6 Å². The molecule has 1 unspecified atom stereocenters. The minimum absolute atomic E-state index is 0.0217. The van der Waals surface area contributed by atoms with Crippen LogP contribution in [0, 0.1) is 6.92 Å². The van der Waals surface area contributed by atoms with Crippen LogP contribution in [0.4, 0.5) is 0 Å². The monoisotopic (exact) mass is 249 g/mol. The third kappa shape index (κ3) is 3.03. The number of aliphatic imine (C=N–C) groups is 2. The number of furan rings is 1. The van der Waals surface area contributed by atoms with Crippen LogP contribution in [0.15, 0.2) is 26.7 Å². The molecule has 2 N–H and O–H groups in total. The molecule has 0 aliphatic carbocycles. The first kappa shape index (κ1) is 12.5. The molecule has 98 valence electrons. The van der Waals surface area contributed by atoms with Crippen LogP contribution in [-0.4, -0.2) is 37.1 Å². The molecular weight excluding hydrogens is 230 g/mol. The molecule has 0 saturated carbocycles. The Kier molecular flexibility index (Phi) is 3.55. The summed E-state index contributed by atoms with van der Waals surface area (Å²) < 4.78 is 5.24. The first-order chi connectivity index (χ1) is 8.54. The van der Waals surface area contributed by atoms with Gasteiger partial charge in [-0.3, -0.25) is 5.32 Å². The Morgan fingerprint density at radius 2 is 2.28 bits per heavy atom. The SMILES string of the molecule is Cc1cc(CN=C2NC(N(C)C)=NC(C)N2)co1. The van der Waals surface area contributed by atoms with Crippen LogP contribution < -0.4 is 10.6 Å². The third-order valence-electron chi connectivity index (χ3n) is 2.52. The van der Waals surface area contributed by atoms with Gasteiger partial charge in [-0.25, -0.2) is 9.98 Å². The number of aryl methyl sites for hydroxylation is 1. The minimum atomic E-state index is 0.0217. The maximum absolute atomic E-state index is 5.24. The predicted molar refractivity (Wildman–Crippen MR) is 71.4 cm³/mol. The van der Waals surface area contributed by atoms with E-state index in [1.807, 2.05) is 38.9 Å². The fourth-order valence-electron chi connectivity index (χ4n) is 1.65. The minimum Gasteiger partial charge on any atom is -0.469 e. The Bertz CT molecular complexity index is 475. The van der Waals surface area contributed by atoms with Crippen molar-refractivity contribution < 1.29 is 4.42 Å². The summed E-state index contributed by atoms with van der Waals surface area (Å²) in [5.41, 5.74) is 1.06. The molecule has 2 heterocycles. The Morgan fingerprint density at radius 1 is 1.50 bits per heavy atom. The van der Waals surface area contributed by atoms with Crippen LogP contribution in [0.5, 0.6) is 0 Å². The van der Waals surface area contributed by atoms with Gasteiger partial charge in [-0.2, -0.15) is 0 Å². The van der Waals surface area contributed by atoms with Crippen LogP contribution in [0.25, 0.3) is 0 Å². The predicted octanol–water partition coefficient (Wildman–Crippen LogP) is 0.900. The lowest BCUT2D eigenvalue weighted by Gasteiger charge is -2.26. The zero-order valence-corrected chi connectivity index (χ0v) is 11.2. The molecule has 2 rings (SSSR count). The maximum atomic E-state index is 5.24. The van der Waals surface area contributed by atoms with Crippen LogP contribution >= 0.6 is 0 Å². The van der Waals surface area contributed by atoms with Crippen molar-refractivity contribution in [3.8, 4) is 0 Å². The van der Waals surface area contributed by atoms with Crippen molar-refractivity contribution in [2.75, 3.05) is 14.1 Å². The normalized spacial score (nSPS) is 21.2. The second-order valence-electron chi connectivity index (χ2n) is 4.52. The van der Waals surface area contributed by atoms with Crippen molar-refractivity contribution in [1.82, 2.24) is 15.5 Å². The number of guanidine groups is 2. The van der Waals surface area contributed by atoms with E-state index in [0.717, 1.165) is 23.2 Å². The van der Waals surface area contributed by atoms with Crippen molar-refractivity contribution >= 4 is 11.9 Å². The van der Waals surface area contributed by atoms with Gasteiger partial charge in [-0.05, 0) is 19.9 Å². The zero-order valence-electron chi connectivity index (χ0n) is 11.2. The molecule has 18 heavy (non-hydrogen) atoms. The number of nitrogens with one attached hydrogen (secondary N) is 2. The van der Waals surface area contributed by atoms with E-state index in [-0.39, 0.29) is 6.17 Å². The van der Waals surface area contributed by atoms with Crippen molar-refractivity contribution in [2.24, 2.45) is 9.98 Å². The molecule has 0 saturated heterocycles. The highest BCUT2D eigenvalue weighted by Gasteiger charge is 2.15. The second-order valence-corrected chi connectivity index (χ2v) is 4.52. The summed E-state index contributed by atoms with van der Waals surface area (Å²) in [6, 6.07) is 1.98. The molecule has 1 aliphatic rings. The molecule has 6 nitrogen and oxygen atoms in total.